The van der Waals surface area contributed by atoms with Crippen LogP contribution in [0.2, 0.25) is 0 Å². The Morgan fingerprint density at radius 1 is 1.05 bits per heavy atom. The normalized spacial score (nSPS) is 9.60. The van der Waals surface area contributed by atoms with Crippen molar-refractivity contribution in [2.75, 3.05) is 17.2 Å². The molecule has 2 N–H and O–H groups in total. The average molecular weight is 288 g/mol. The maximum Gasteiger partial charge on any atom is 0.0546 e. The van der Waals surface area contributed by atoms with Gasteiger partial charge in [0.2, 0.25) is 0 Å². The smallest absolute Gasteiger partial charge is 0.0546 e. The molecule has 108 valence electrons. The Morgan fingerprint density at radius 2 is 1.75 bits per heavy atom. The summed E-state index contributed by atoms with van der Waals surface area (Å²) in [5.41, 5.74) is 8.87. The zero-order valence-electron chi connectivity index (χ0n) is 12.5. The van der Waals surface area contributed by atoms with E-state index in [0.29, 0.717) is 0 Å². The fourth-order valence-corrected chi connectivity index (χ4v) is 2.28. The molecule has 0 atom stereocenters. The first-order valence-electron chi connectivity index (χ1n) is 7.13. The van der Waals surface area contributed by atoms with Gasteiger partial charge < -0.3 is 10.6 Å². The molecule has 0 unspecified atom stereocenters. The Kier molecular flexibility index (Phi) is 7.02. The van der Waals surface area contributed by atoms with Crippen molar-refractivity contribution in [2.45, 2.75) is 32.1 Å². The van der Waals surface area contributed by atoms with Gasteiger partial charge in [0.25, 0.3) is 0 Å². The standard InChI is InChI=1S/C15H18N2S.C2H6/c1-2-10-17(13-7-5-6-12(16)11-13)14-8-3-4-9-15(14)18;1-2/h3-9,11,18H,2,10,16H2,1H3;1-2H3. The Hall–Kier alpha value is -1.61. The third kappa shape index (κ3) is 4.20. The second kappa shape index (κ2) is 8.54. The highest BCUT2D eigenvalue weighted by atomic mass is 32.1. The second-order valence-corrected chi connectivity index (χ2v) is 4.72. The number of rotatable bonds is 4. The molecule has 3 heteroatoms. The summed E-state index contributed by atoms with van der Waals surface area (Å²) in [6.45, 7) is 7.11. The van der Waals surface area contributed by atoms with Crippen LogP contribution in [0.15, 0.2) is 53.4 Å². The van der Waals surface area contributed by atoms with Crippen LogP contribution in [0, 0.1) is 0 Å². The van der Waals surface area contributed by atoms with E-state index in [-0.39, 0.29) is 0 Å². The highest BCUT2D eigenvalue weighted by Crippen LogP contribution is 2.31. The van der Waals surface area contributed by atoms with Crippen molar-refractivity contribution < 1.29 is 0 Å². The number of benzene rings is 2. The molecular weight excluding hydrogens is 264 g/mol. The molecule has 2 nitrogen and oxygen atoms in total. The highest BCUT2D eigenvalue weighted by molar-refractivity contribution is 7.80. The van der Waals surface area contributed by atoms with E-state index in [9.17, 15) is 0 Å². The van der Waals surface area contributed by atoms with Crippen LogP contribution >= 0.6 is 12.6 Å². The van der Waals surface area contributed by atoms with Crippen LogP contribution in [-0.4, -0.2) is 6.54 Å². The lowest BCUT2D eigenvalue weighted by Gasteiger charge is -2.26. The van der Waals surface area contributed by atoms with Gasteiger partial charge in [0.1, 0.15) is 0 Å². The predicted molar refractivity (Wildman–Crippen MR) is 93.2 cm³/mol. The third-order valence-electron chi connectivity index (χ3n) is 2.80. The van der Waals surface area contributed by atoms with E-state index in [0.717, 1.165) is 34.9 Å². The summed E-state index contributed by atoms with van der Waals surface area (Å²) in [4.78, 5) is 3.23. The van der Waals surface area contributed by atoms with Crippen LogP contribution in [0.4, 0.5) is 17.1 Å². The summed E-state index contributed by atoms with van der Waals surface area (Å²) < 4.78 is 0. The molecule has 20 heavy (non-hydrogen) atoms. The summed E-state index contributed by atoms with van der Waals surface area (Å²) in [6.07, 6.45) is 1.07. The first-order chi connectivity index (χ1) is 9.72. The molecule has 0 heterocycles. The predicted octanol–water partition coefficient (Wildman–Crippen LogP) is 5.13. The number of hydrogen-bond acceptors (Lipinski definition) is 3. The van der Waals surface area contributed by atoms with Crippen LogP contribution < -0.4 is 10.6 Å². The van der Waals surface area contributed by atoms with Crippen molar-refractivity contribution >= 4 is 29.7 Å². The molecule has 2 aromatic rings. The zero-order chi connectivity index (χ0) is 15.0. The van der Waals surface area contributed by atoms with E-state index < -0.39 is 0 Å². The fraction of sp³-hybridized carbons (Fsp3) is 0.294. The summed E-state index contributed by atoms with van der Waals surface area (Å²) in [6, 6.07) is 16.1. The lowest BCUT2D eigenvalue weighted by atomic mass is 10.2. The van der Waals surface area contributed by atoms with Gasteiger partial charge in [0, 0.05) is 22.8 Å². The van der Waals surface area contributed by atoms with E-state index in [1.807, 2.05) is 50.2 Å². The number of nitrogens with zero attached hydrogens (tertiary/aromatic N) is 1. The molecule has 0 spiro atoms. The third-order valence-corrected chi connectivity index (χ3v) is 3.18. The maximum absolute atomic E-state index is 5.86. The minimum absolute atomic E-state index is 0.783. The number of hydrogen-bond donors (Lipinski definition) is 2. The van der Waals surface area contributed by atoms with Crippen molar-refractivity contribution in [2.24, 2.45) is 0 Å². The molecule has 2 aromatic carbocycles. The molecule has 2 rings (SSSR count). The van der Waals surface area contributed by atoms with E-state index in [2.05, 4.69) is 36.6 Å². The minimum Gasteiger partial charge on any atom is -0.399 e. The largest absolute Gasteiger partial charge is 0.399 e. The topological polar surface area (TPSA) is 29.3 Å². The van der Waals surface area contributed by atoms with Gasteiger partial charge in [-0.1, -0.05) is 39.0 Å². The number of anilines is 3. The maximum atomic E-state index is 5.86. The molecule has 0 saturated carbocycles. The number of para-hydroxylation sites is 1. The van der Waals surface area contributed by atoms with Crippen LogP contribution in [0.1, 0.15) is 27.2 Å². The van der Waals surface area contributed by atoms with Gasteiger partial charge in [-0.2, -0.15) is 0 Å². The van der Waals surface area contributed by atoms with Gasteiger partial charge in [-0.05, 0) is 36.8 Å². The number of nitrogens with two attached hydrogens (primary N) is 1. The zero-order valence-corrected chi connectivity index (χ0v) is 13.4. The summed E-state index contributed by atoms with van der Waals surface area (Å²) in [7, 11) is 0. The first kappa shape index (κ1) is 16.4. The Morgan fingerprint density at radius 3 is 2.35 bits per heavy atom. The molecule has 0 aliphatic carbocycles. The average Bonchev–Trinajstić information content (AvgIpc) is 2.48. The molecule has 0 aliphatic rings. The number of nitrogen functional groups attached to an aromatic ring is 1. The van der Waals surface area contributed by atoms with E-state index >= 15 is 0 Å². The summed E-state index contributed by atoms with van der Waals surface area (Å²) in [5.74, 6) is 0. The molecule has 0 amide bonds. The summed E-state index contributed by atoms with van der Waals surface area (Å²) in [5, 5.41) is 0. The van der Waals surface area contributed by atoms with Gasteiger partial charge in [-0.25, -0.2) is 0 Å². The van der Waals surface area contributed by atoms with Crippen molar-refractivity contribution in [1.29, 1.82) is 0 Å². The van der Waals surface area contributed by atoms with Gasteiger partial charge in [0.15, 0.2) is 0 Å². The lowest BCUT2D eigenvalue weighted by Crippen LogP contribution is -2.18. The van der Waals surface area contributed by atoms with E-state index in [1.54, 1.807) is 0 Å². The van der Waals surface area contributed by atoms with Crippen LogP contribution in [0.25, 0.3) is 0 Å². The van der Waals surface area contributed by atoms with Crippen molar-refractivity contribution in [3.8, 4) is 0 Å². The van der Waals surface area contributed by atoms with Crippen molar-refractivity contribution in [3.05, 3.63) is 48.5 Å². The second-order valence-electron chi connectivity index (χ2n) is 4.24. The SMILES string of the molecule is CC.CCCN(c1cccc(N)c1)c1ccccc1S. The first-order valence-corrected chi connectivity index (χ1v) is 7.58. The molecule has 0 aliphatic heterocycles. The number of thiol groups is 1. The molecule has 0 aromatic heterocycles. The van der Waals surface area contributed by atoms with Crippen LogP contribution in [0.3, 0.4) is 0 Å². The van der Waals surface area contributed by atoms with E-state index in [1.165, 1.54) is 0 Å². The van der Waals surface area contributed by atoms with Crippen molar-refractivity contribution in [3.63, 3.8) is 0 Å². The molecule has 0 saturated heterocycles. The monoisotopic (exact) mass is 288 g/mol. The molecular formula is C17H24N2S. The molecule has 0 fully saturated rings. The van der Waals surface area contributed by atoms with Gasteiger partial charge in [-0.15, -0.1) is 12.6 Å². The lowest BCUT2D eigenvalue weighted by molar-refractivity contribution is 0.879. The Labute approximate surface area is 128 Å². The minimum atomic E-state index is 0.783. The van der Waals surface area contributed by atoms with Crippen LogP contribution in [0.5, 0.6) is 0 Å². The van der Waals surface area contributed by atoms with Gasteiger partial charge >= 0.3 is 0 Å². The van der Waals surface area contributed by atoms with Gasteiger partial charge in [0.05, 0.1) is 5.69 Å². The molecule has 0 bridgehead atoms. The Balaban J connectivity index is 0.000000956. The quantitative estimate of drug-likeness (QED) is 0.603. The Bertz CT molecular complexity index is 526. The summed E-state index contributed by atoms with van der Waals surface area (Å²) >= 11 is 4.53. The van der Waals surface area contributed by atoms with E-state index in [4.69, 9.17) is 5.73 Å². The highest BCUT2D eigenvalue weighted by Gasteiger charge is 2.10. The molecule has 0 radical (unpaired) electrons. The van der Waals surface area contributed by atoms with Crippen LogP contribution in [-0.2, 0) is 0 Å². The van der Waals surface area contributed by atoms with Crippen molar-refractivity contribution in [1.82, 2.24) is 0 Å². The van der Waals surface area contributed by atoms with Gasteiger partial charge in [-0.3, -0.25) is 0 Å². The fourth-order valence-electron chi connectivity index (χ4n) is 2.00.